The van der Waals surface area contributed by atoms with Crippen molar-refractivity contribution in [3.8, 4) is 0 Å². The van der Waals surface area contributed by atoms with Crippen molar-refractivity contribution in [2.45, 2.75) is 58.1 Å². The van der Waals surface area contributed by atoms with Gasteiger partial charge in [0.15, 0.2) is 0 Å². The molecule has 1 aromatic heterocycles. The highest BCUT2D eigenvalue weighted by Gasteiger charge is 2.23. The lowest BCUT2D eigenvalue weighted by atomic mass is 9.86. The Morgan fingerprint density at radius 1 is 0.971 bits per heavy atom. The van der Waals surface area contributed by atoms with Gasteiger partial charge in [-0.1, -0.05) is 30.3 Å². The number of carbonyl (C=O) groups excluding carboxylic acids is 1. The number of hydrogen-bond donors (Lipinski definition) is 3. The van der Waals surface area contributed by atoms with E-state index in [-0.39, 0.29) is 18.5 Å². The molecule has 3 aromatic rings. The standard InChI is InChI=1S/C26H33N5O2.ClH/c1-26(2,3)33-25(32)27-17-18-13-15-20(16-14-18)29-24-30-22-12-8-7-11-21(22)23(31-24)28-19-9-5-4-6-10-19;/h4-12,18,20H,13-17H2,1-3H3,(H,27,32)(H2,28,29,30,31);1H. The van der Waals surface area contributed by atoms with Crippen LogP contribution in [0.25, 0.3) is 10.9 Å². The van der Waals surface area contributed by atoms with Gasteiger partial charge in [-0.2, -0.15) is 4.98 Å². The number of hydrogen-bond acceptors (Lipinski definition) is 6. The van der Waals surface area contributed by atoms with Crippen molar-refractivity contribution in [1.82, 2.24) is 15.3 Å². The van der Waals surface area contributed by atoms with Crippen LogP contribution in [-0.4, -0.2) is 34.2 Å². The molecule has 0 atom stereocenters. The van der Waals surface area contributed by atoms with Crippen molar-refractivity contribution < 1.29 is 9.53 Å². The third kappa shape index (κ3) is 7.22. The van der Waals surface area contributed by atoms with Crippen LogP contribution in [0.1, 0.15) is 46.5 Å². The van der Waals surface area contributed by atoms with Crippen LogP contribution < -0.4 is 16.0 Å². The second kappa shape index (κ2) is 11.4. The monoisotopic (exact) mass is 483 g/mol. The van der Waals surface area contributed by atoms with Crippen molar-refractivity contribution in [1.29, 1.82) is 0 Å². The van der Waals surface area contributed by atoms with Crippen LogP contribution in [0, 0.1) is 5.92 Å². The largest absolute Gasteiger partial charge is 0.444 e. The van der Waals surface area contributed by atoms with Gasteiger partial charge in [0.25, 0.3) is 0 Å². The van der Waals surface area contributed by atoms with Gasteiger partial charge >= 0.3 is 6.09 Å². The number of anilines is 3. The number of rotatable bonds is 6. The van der Waals surface area contributed by atoms with Gasteiger partial charge in [0.05, 0.1) is 5.52 Å². The maximum Gasteiger partial charge on any atom is 0.407 e. The van der Waals surface area contributed by atoms with E-state index in [0.717, 1.165) is 48.1 Å². The molecule has 1 aliphatic rings. The fourth-order valence-electron chi connectivity index (χ4n) is 4.13. The summed E-state index contributed by atoms with van der Waals surface area (Å²) in [6, 6.07) is 18.4. The van der Waals surface area contributed by atoms with Crippen molar-refractivity contribution in [3.63, 3.8) is 0 Å². The molecule has 4 rings (SSSR count). The third-order valence-electron chi connectivity index (χ3n) is 5.75. The van der Waals surface area contributed by atoms with Gasteiger partial charge in [-0.3, -0.25) is 0 Å². The predicted octanol–water partition coefficient (Wildman–Crippen LogP) is 6.29. The van der Waals surface area contributed by atoms with E-state index in [2.05, 4.69) is 16.0 Å². The molecule has 1 fully saturated rings. The zero-order valence-corrected chi connectivity index (χ0v) is 20.8. The summed E-state index contributed by atoms with van der Waals surface area (Å²) < 4.78 is 5.33. The highest BCUT2D eigenvalue weighted by atomic mass is 35.5. The molecule has 0 spiro atoms. The Labute approximate surface area is 207 Å². The lowest BCUT2D eigenvalue weighted by Crippen LogP contribution is -2.37. The number of para-hydroxylation sites is 2. The highest BCUT2D eigenvalue weighted by Crippen LogP contribution is 2.28. The number of nitrogens with one attached hydrogen (secondary N) is 3. The second-order valence-corrected chi connectivity index (χ2v) is 9.65. The fraction of sp³-hybridized carbons (Fsp3) is 0.423. The minimum atomic E-state index is -0.472. The van der Waals surface area contributed by atoms with Crippen molar-refractivity contribution in [3.05, 3.63) is 54.6 Å². The molecule has 0 aliphatic heterocycles. The van der Waals surface area contributed by atoms with E-state index < -0.39 is 5.60 Å². The molecular weight excluding hydrogens is 450 g/mol. The molecule has 8 heteroatoms. The summed E-state index contributed by atoms with van der Waals surface area (Å²) in [4.78, 5) is 21.5. The molecule has 1 heterocycles. The number of carbonyl (C=O) groups is 1. The minimum Gasteiger partial charge on any atom is -0.444 e. The number of ether oxygens (including phenoxy) is 1. The van der Waals surface area contributed by atoms with E-state index in [4.69, 9.17) is 14.7 Å². The normalized spacial score (nSPS) is 18.0. The lowest BCUT2D eigenvalue weighted by Gasteiger charge is -2.29. The van der Waals surface area contributed by atoms with Gasteiger partial charge in [-0.05, 0) is 76.6 Å². The molecule has 0 bridgehead atoms. The van der Waals surface area contributed by atoms with Crippen molar-refractivity contribution in [2.75, 3.05) is 17.2 Å². The van der Waals surface area contributed by atoms with Crippen molar-refractivity contribution in [2.24, 2.45) is 5.92 Å². The molecule has 1 amide bonds. The SMILES string of the molecule is CC(C)(C)OC(=O)NCC1CCC(Nc2nc(Nc3ccccc3)c3ccccc3n2)CC1.Cl. The molecule has 0 saturated heterocycles. The smallest absolute Gasteiger partial charge is 0.407 e. The van der Waals surface area contributed by atoms with E-state index in [1.165, 1.54) is 0 Å². The van der Waals surface area contributed by atoms with E-state index in [9.17, 15) is 4.79 Å². The first kappa shape index (κ1) is 25.6. The summed E-state index contributed by atoms with van der Waals surface area (Å²) in [6.07, 6.45) is 3.76. The average molecular weight is 484 g/mol. The Bertz CT molecular complexity index is 1080. The number of aromatic nitrogens is 2. The van der Waals surface area contributed by atoms with Crippen LogP contribution in [0.3, 0.4) is 0 Å². The highest BCUT2D eigenvalue weighted by molar-refractivity contribution is 5.91. The third-order valence-corrected chi connectivity index (χ3v) is 5.75. The molecule has 0 radical (unpaired) electrons. The van der Waals surface area contributed by atoms with E-state index in [0.29, 0.717) is 24.5 Å². The van der Waals surface area contributed by atoms with Gasteiger partial charge in [-0.25, -0.2) is 9.78 Å². The number of alkyl carbamates (subject to hydrolysis) is 1. The fourth-order valence-corrected chi connectivity index (χ4v) is 4.13. The topological polar surface area (TPSA) is 88.2 Å². The van der Waals surface area contributed by atoms with Crippen molar-refractivity contribution >= 4 is 46.9 Å². The van der Waals surface area contributed by atoms with E-state index in [1.807, 2.05) is 75.4 Å². The Morgan fingerprint density at radius 3 is 2.35 bits per heavy atom. The summed E-state index contributed by atoms with van der Waals surface area (Å²) in [6.45, 7) is 6.27. The number of nitrogens with zero attached hydrogens (tertiary/aromatic N) is 2. The molecule has 1 aliphatic carbocycles. The maximum absolute atomic E-state index is 11.9. The Hall–Kier alpha value is -3.06. The Balaban J connectivity index is 0.00000324. The van der Waals surface area contributed by atoms with Gasteiger partial charge in [-0.15, -0.1) is 12.4 Å². The zero-order valence-electron chi connectivity index (χ0n) is 20.0. The first-order chi connectivity index (χ1) is 15.9. The first-order valence-electron chi connectivity index (χ1n) is 11.7. The van der Waals surface area contributed by atoms with Crippen LogP contribution in [0.4, 0.5) is 22.2 Å². The number of benzene rings is 2. The summed E-state index contributed by atoms with van der Waals surface area (Å²) in [5, 5.41) is 10.9. The number of amides is 1. The average Bonchev–Trinajstić information content (AvgIpc) is 2.78. The first-order valence-corrected chi connectivity index (χ1v) is 11.7. The molecule has 1 saturated carbocycles. The van der Waals surface area contributed by atoms with Gasteiger partial charge in [0.1, 0.15) is 11.4 Å². The summed E-state index contributed by atoms with van der Waals surface area (Å²) in [5.74, 6) is 1.90. The van der Waals surface area contributed by atoms with Crippen LogP contribution in [0.5, 0.6) is 0 Å². The van der Waals surface area contributed by atoms with Gasteiger partial charge in [0.2, 0.25) is 5.95 Å². The molecule has 3 N–H and O–H groups in total. The minimum absolute atomic E-state index is 0. The summed E-state index contributed by atoms with van der Waals surface area (Å²) >= 11 is 0. The molecule has 2 aromatic carbocycles. The van der Waals surface area contributed by atoms with Crippen LogP contribution in [-0.2, 0) is 4.74 Å². The van der Waals surface area contributed by atoms with Gasteiger partial charge < -0.3 is 20.7 Å². The zero-order chi connectivity index (χ0) is 23.3. The summed E-state index contributed by atoms with van der Waals surface area (Å²) in [5.41, 5.74) is 1.42. The Morgan fingerprint density at radius 2 is 1.65 bits per heavy atom. The van der Waals surface area contributed by atoms with Gasteiger partial charge in [0, 0.05) is 23.7 Å². The summed E-state index contributed by atoms with van der Waals surface area (Å²) in [7, 11) is 0. The maximum atomic E-state index is 11.9. The van der Waals surface area contributed by atoms with E-state index in [1.54, 1.807) is 0 Å². The molecular formula is C26H34ClN5O2. The number of fused-ring (bicyclic) bond motifs is 1. The molecule has 0 unspecified atom stereocenters. The van der Waals surface area contributed by atoms with Crippen LogP contribution in [0.15, 0.2) is 54.6 Å². The molecule has 7 nitrogen and oxygen atoms in total. The number of halogens is 1. The predicted molar refractivity (Wildman–Crippen MR) is 140 cm³/mol. The molecule has 182 valence electrons. The lowest BCUT2D eigenvalue weighted by molar-refractivity contribution is 0.0515. The van der Waals surface area contributed by atoms with Crippen LogP contribution >= 0.6 is 12.4 Å². The molecule has 34 heavy (non-hydrogen) atoms. The Kier molecular flexibility index (Phi) is 8.56. The van der Waals surface area contributed by atoms with Crippen LogP contribution in [0.2, 0.25) is 0 Å². The second-order valence-electron chi connectivity index (χ2n) is 9.65. The quantitative estimate of drug-likeness (QED) is 0.381. The van der Waals surface area contributed by atoms with E-state index >= 15 is 0 Å².